The van der Waals surface area contributed by atoms with Crippen LogP contribution in [0.1, 0.15) is 25.1 Å². The Labute approximate surface area is 99.6 Å². The number of hydrogen-bond donors (Lipinski definition) is 1. The quantitative estimate of drug-likeness (QED) is 0.849. The summed E-state index contributed by atoms with van der Waals surface area (Å²) in [6.07, 6.45) is 1.75. The van der Waals surface area contributed by atoms with Crippen LogP contribution in [0.15, 0.2) is 12.1 Å². The lowest BCUT2D eigenvalue weighted by molar-refractivity contribution is -0.124. The van der Waals surface area contributed by atoms with Crippen LogP contribution in [0.3, 0.4) is 0 Å². The van der Waals surface area contributed by atoms with Crippen LogP contribution in [-0.2, 0) is 11.2 Å². The third kappa shape index (κ3) is 4.22. The molecule has 84 valence electrons. The largest absolute Gasteiger partial charge is 0.356 e. The second kappa shape index (κ2) is 6.13. The maximum absolute atomic E-state index is 11.4. The summed E-state index contributed by atoms with van der Waals surface area (Å²) in [5.41, 5.74) is 0. The molecule has 4 heteroatoms. The molecule has 0 bridgehead atoms. The van der Waals surface area contributed by atoms with Gasteiger partial charge < -0.3 is 5.32 Å². The predicted molar refractivity (Wildman–Crippen MR) is 65.5 cm³/mol. The molecule has 1 amide bonds. The maximum atomic E-state index is 11.4. The lowest BCUT2D eigenvalue weighted by atomic mass is 10.1. The van der Waals surface area contributed by atoms with E-state index in [4.69, 9.17) is 11.6 Å². The van der Waals surface area contributed by atoms with Crippen molar-refractivity contribution in [2.24, 2.45) is 5.92 Å². The van der Waals surface area contributed by atoms with Crippen LogP contribution in [0.5, 0.6) is 0 Å². The van der Waals surface area contributed by atoms with Crippen molar-refractivity contribution in [3.05, 3.63) is 21.3 Å². The van der Waals surface area contributed by atoms with Gasteiger partial charge in [0.1, 0.15) is 0 Å². The van der Waals surface area contributed by atoms with Gasteiger partial charge in [0.15, 0.2) is 0 Å². The van der Waals surface area contributed by atoms with Gasteiger partial charge in [-0.05, 0) is 25.0 Å². The van der Waals surface area contributed by atoms with Crippen molar-refractivity contribution in [1.29, 1.82) is 0 Å². The van der Waals surface area contributed by atoms with Crippen LogP contribution in [0, 0.1) is 5.92 Å². The molecule has 0 saturated carbocycles. The fraction of sp³-hybridized carbons (Fsp3) is 0.545. The molecular weight excluding hydrogens is 230 g/mol. The van der Waals surface area contributed by atoms with Crippen LogP contribution in [0.25, 0.3) is 0 Å². The van der Waals surface area contributed by atoms with E-state index in [1.165, 1.54) is 4.88 Å². The molecule has 0 aromatic carbocycles. The summed E-state index contributed by atoms with van der Waals surface area (Å²) in [7, 11) is 0. The highest BCUT2D eigenvalue weighted by atomic mass is 35.5. The smallest absolute Gasteiger partial charge is 0.222 e. The Bertz CT molecular complexity index is 324. The molecule has 1 aromatic heterocycles. The zero-order chi connectivity index (χ0) is 11.3. The van der Waals surface area contributed by atoms with Crippen LogP contribution >= 0.6 is 22.9 Å². The molecular formula is C11H16ClNOS. The van der Waals surface area contributed by atoms with Crippen LogP contribution in [0.2, 0.25) is 4.34 Å². The first-order chi connectivity index (χ1) is 7.13. The first-order valence-electron chi connectivity index (χ1n) is 5.15. The van der Waals surface area contributed by atoms with Gasteiger partial charge in [0.25, 0.3) is 0 Å². The van der Waals surface area contributed by atoms with Crippen molar-refractivity contribution in [3.63, 3.8) is 0 Å². The molecule has 0 unspecified atom stereocenters. The predicted octanol–water partition coefficient (Wildman–Crippen LogP) is 3.11. The summed E-state index contributed by atoms with van der Waals surface area (Å²) >= 11 is 7.37. The summed E-state index contributed by atoms with van der Waals surface area (Å²) in [6, 6.07) is 3.89. The minimum Gasteiger partial charge on any atom is -0.356 e. The second-order valence-corrected chi connectivity index (χ2v) is 5.36. The SMILES string of the molecule is CC[C@H](C)C(=O)NCCc1ccc(Cl)s1. The van der Waals surface area contributed by atoms with E-state index in [0.717, 1.165) is 17.2 Å². The number of hydrogen-bond acceptors (Lipinski definition) is 2. The Morgan fingerprint density at radius 3 is 2.87 bits per heavy atom. The molecule has 1 aromatic rings. The fourth-order valence-electron chi connectivity index (χ4n) is 1.15. The van der Waals surface area contributed by atoms with E-state index in [1.54, 1.807) is 11.3 Å². The Balaban J connectivity index is 2.24. The topological polar surface area (TPSA) is 29.1 Å². The third-order valence-corrected chi connectivity index (χ3v) is 3.65. The van der Waals surface area contributed by atoms with Crippen molar-refractivity contribution < 1.29 is 4.79 Å². The molecule has 1 atom stereocenters. The molecule has 0 aliphatic heterocycles. The number of carbonyl (C=O) groups excluding carboxylic acids is 1. The molecule has 1 rings (SSSR count). The average molecular weight is 246 g/mol. The fourth-order valence-corrected chi connectivity index (χ4v) is 2.24. The standard InChI is InChI=1S/C11H16ClNOS/c1-3-8(2)11(14)13-7-6-9-4-5-10(12)15-9/h4-5,8H,3,6-7H2,1-2H3,(H,13,14)/t8-/m0/s1. The van der Waals surface area contributed by atoms with E-state index in [0.29, 0.717) is 6.54 Å². The van der Waals surface area contributed by atoms with Crippen molar-refractivity contribution >= 4 is 28.8 Å². The van der Waals surface area contributed by atoms with Crippen molar-refractivity contribution in [2.75, 3.05) is 6.54 Å². The third-order valence-electron chi connectivity index (χ3n) is 2.36. The van der Waals surface area contributed by atoms with Gasteiger partial charge in [-0.25, -0.2) is 0 Å². The minimum absolute atomic E-state index is 0.108. The Morgan fingerprint density at radius 2 is 2.33 bits per heavy atom. The molecule has 0 radical (unpaired) electrons. The highest BCUT2D eigenvalue weighted by molar-refractivity contribution is 7.16. The second-order valence-electron chi connectivity index (χ2n) is 3.56. The number of carbonyl (C=O) groups is 1. The molecule has 1 heterocycles. The van der Waals surface area contributed by atoms with Crippen LogP contribution in [0.4, 0.5) is 0 Å². The number of thiophene rings is 1. The summed E-state index contributed by atoms with van der Waals surface area (Å²) in [6.45, 7) is 4.65. The van der Waals surface area contributed by atoms with Gasteiger partial charge in [-0.1, -0.05) is 25.4 Å². The number of amides is 1. The van der Waals surface area contributed by atoms with Gasteiger partial charge >= 0.3 is 0 Å². The van der Waals surface area contributed by atoms with Crippen LogP contribution in [-0.4, -0.2) is 12.5 Å². The van der Waals surface area contributed by atoms with Gasteiger partial charge in [-0.15, -0.1) is 11.3 Å². The lowest BCUT2D eigenvalue weighted by Gasteiger charge is -2.08. The lowest BCUT2D eigenvalue weighted by Crippen LogP contribution is -2.30. The molecule has 0 saturated heterocycles. The maximum Gasteiger partial charge on any atom is 0.222 e. The Kier molecular flexibility index (Phi) is 5.12. The summed E-state index contributed by atoms with van der Waals surface area (Å²) in [5.74, 6) is 0.247. The van der Waals surface area contributed by atoms with E-state index >= 15 is 0 Å². The minimum atomic E-state index is 0.108. The summed E-state index contributed by atoms with van der Waals surface area (Å²) in [5, 5.41) is 2.92. The monoisotopic (exact) mass is 245 g/mol. The highest BCUT2D eigenvalue weighted by Gasteiger charge is 2.09. The van der Waals surface area contributed by atoms with Gasteiger partial charge in [0, 0.05) is 17.3 Å². The van der Waals surface area contributed by atoms with Crippen molar-refractivity contribution in [2.45, 2.75) is 26.7 Å². The molecule has 0 fully saturated rings. The van der Waals surface area contributed by atoms with Crippen LogP contribution < -0.4 is 5.32 Å². The zero-order valence-corrected chi connectivity index (χ0v) is 10.6. The van der Waals surface area contributed by atoms with Gasteiger partial charge in [0.2, 0.25) is 5.91 Å². The molecule has 0 aliphatic carbocycles. The normalized spacial score (nSPS) is 12.5. The van der Waals surface area contributed by atoms with Gasteiger partial charge in [0.05, 0.1) is 4.34 Å². The van der Waals surface area contributed by atoms with Gasteiger partial charge in [-0.3, -0.25) is 4.79 Å². The van der Waals surface area contributed by atoms with Gasteiger partial charge in [-0.2, -0.15) is 0 Å². The Hall–Kier alpha value is -0.540. The first-order valence-corrected chi connectivity index (χ1v) is 6.34. The molecule has 15 heavy (non-hydrogen) atoms. The highest BCUT2D eigenvalue weighted by Crippen LogP contribution is 2.21. The zero-order valence-electron chi connectivity index (χ0n) is 9.05. The van der Waals surface area contributed by atoms with E-state index < -0.39 is 0 Å². The number of halogens is 1. The molecule has 2 nitrogen and oxygen atoms in total. The summed E-state index contributed by atoms with van der Waals surface area (Å²) < 4.78 is 0.804. The van der Waals surface area contributed by atoms with E-state index in [9.17, 15) is 4.79 Å². The first kappa shape index (κ1) is 12.5. The van der Waals surface area contributed by atoms with Crippen molar-refractivity contribution in [1.82, 2.24) is 5.32 Å². The van der Waals surface area contributed by atoms with Crippen molar-refractivity contribution in [3.8, 4) is 0 Å². The Morgan fingerprint density at radius 1 is 1.60 bits per heavy atom. The number of rotatable bonds is 5. The average Bonchev–Trinajstić information content (AvgIpc) is 2.63. The molecule has 0 aliphatic rings. The molecule has 0 spiro atoms. The number of nitrogens with one attached hydrogen (secondary N) is 1. The van der Waals surface area contributed by atoms with E-state index in [1.807, 2.05) is 26.0 Å². The summed E-state index contributed by atoms with van der Waals surface area (Å²) in [4.78, 5) is 12.6. The van der Waals surface area contributed by atoms with E-state index in [-0.39, 0.29) is 11.8 Å². The molecule has 1 N–H and O–H groups in total. The van der Waals surface area contributed by atoms with E-state index in [2.05, 4.69) is 5.32 Å².